The van der Waals surface area contributed by atoms with Crippen LogP contribution in [0.3, 0.4) is 0 Å². The van der Waals surface area contributed by atoms with Gasteiger partial charge in [-0.15, -0.1) is 11.3 Å². The van der Waals surface area contributed by atoms with Gasteiger partial charge in [0.25, 0.3) is 0 Å². The standard InChI is InChI=1S/C15H14FN3S2/c1-10-2-7-14(21-10)13-9-20-15(19-18-13)17-8-11-3-5-12(16)6-4-11/h2-7H,8-9H2,1H3,(H,17,19). The van der Waals surface area contributed by atoms with E-state index in [2.05, 4.69) is 34.6 Å². The van der Waals surface area contributed by atoms with Crippen molar-refractivity contribution in [3.63, 3.8) is 0 Å². The molecule has 6 heteroatoms. The van der Waals surface area contributed by atoms with Gasteiger partial charge in [0, 0.05) is 10.6 Å². The van der Waals surface area contributed by atoms with E-state index < -0.39 is 0 Å². The summed E-state index contributed by atoms with van der Waals surface area (Å²) in [5, 5.41) is 5.19. The smallest absolute Gasteiger partial charge is 0.177 e. The minimum atomic E-state index is -0.225. The van der Waals surface area contributed by atoms with E-state index in [1.807, 2.05) is 0 Å². The molecule has 1 aliphatic rings. The molecule has 0 saturated carbocycles. The Balaban J connectivity index is 1.63. The molecule has 3 nitrogen and oxygen atoms in total. The van der Waals surface area contributed by atoms with Crippen LogP contribution in [0.4, 0.5) is 4.39 Å². The summed E-state index contributed by atoms with van der Waals surface area (Å²) in [6, 6.07) is 10.6. The first-order valence-electron chi connectivity index (χ1n) is 6.52. The van der Waals surface area contributed by atoms with Crippen molar-refractivity contribution in [3.05, 3.63) is 57.5 Å². The highest BCUT2D eigenvalue weighted by Crippen LogP contribution is 2.20. The Hall–Kier alpha value is -1.66. The van der Waals surface area contributed by atoms with Crippen molar-refractivity contribution in [2.75, 3.05) is 5.75 Å². The van der Waals surface area contributed by atoms with Gasteiger partial charge in [-0.2, -0.15) is 5.10 Å². The Morgan fingerprint density at radius 3 is 2.67 bits per heavy atom. The number of nitrogens with one attached hydrogen (secondary N) is 1. The molecule has 1 N–H and O–H groups in total. The fraction of sp³-hybridized carbons (Fsp3) is 0.200. The summed E-state index contributed by atoms with van der Waals surface area (Å²) in [6.07, 6.45) is 0. The van der Waals surface area contributed by atoms with Crippen molar-refractivity contribution in [3.8, 4) is 0 Å². The van der Waals surface area contributed by atoms with Crippen LogP contribution in [-0.4, -0.2) is 16.6 Å². The highest BCUT2D eigenvalue weighted by molar-refractivity contribution is 8.14. The molecule has 0 fully saturated rings. The van der Waals surface area contributed by atoms with Gasteiger partial charge in [-0.05, 0) is 36.8 Å². The number of halogens is 1. The third-order valence-corrected chi connectivity index (χ3v) is 4.94. The molecule has 1 aromatic carbocycles. The van der Waals surface area contributed by atoms with Crippen molar-refractivity contribution in [1.82, 2.24) is 5.43 Å². The number of aliphatic imine (C=N–C) groups is 1. The molecule has 0 spiro atoms. The number of hydrogen-bond acceptors (Lipinski definition) is 4. The molecule has 3 rings (SSSR count). The topological polar surface area (TPSA) is 36.8 Å². The molecule has 0 atom stereocenters. The first-order chi connectivity index (χ1) is 10.2. The summed E-state index contributed by atoms with van der Waals surface area (Å²) in [5.74, 6) is 0.590. The molecule has 1 aromatic heterocycles. The summed E-state index contributed by atoms with van der Waals surface area (Å²) in [6.45, 7) is 2.62. The Morgan fingerprint density at radius 1 is 1.24 bits per heavy atom. The second-order valence-electron chi connectivity index (χ2n) is 4.62. The number of hydrazone groups is 1. The number of thioether (sulfide) groups is 1. The van der Waals surface area contributed by atoms with E-state index in [1.54, 1.807) is 35.2 Å². The number of thiophene rings is 1. The minimum Gasteiger partial charge on any atom is -0.256 e. The molecule has 0 unspecified atom stereocenters. The van der Waals surface area contributed by atoms with Gasteiger partial charge in [0.1, 0.15) is 5.82 Å². The summed E-state index contributed by atoms with van der Waals surface area (Å²) >= 11 is 3.39. The zero-order valence-corrected chi connectivity index (χ0v) is 13.1. The summed E-state index contributed by atoms with van der Waals surface area (Å²) in [4.78, 5) is 6.94. The average molecular weight is 319 g/mol. The molecule has 108 valence electrons. The van der Waals surface area contributed by atoms with E-state index in [1.165, 1.54) is 21.9 Å². The van der Waals surface area contributed by atoms with Crippen LogP contribution in [0, 0.1) is 12.7 Å². The lowest BCUT2D eigenvalue weighted by Crippen LogP contribution is -2.25. The zero-order chi connectivity index (χ0) is 14.7. The molecule has 0 bridgehead atoms. The molecule has 0 aliphatic carbocycles. The number of hydrogen-bond donors (Lipinski definition) is 1. The van der Waals surface area contributed by atoms with Crippen LogP contribution in [0.2, 0.25) is 0 Å². The Labute approximate surface area is 131 Å². The summed E-state index contributed by atoms with van der Waals surface area (Å²) in [5.41, 5.74) is 5.03. The van der Waals surface area contributed by atoms with Crippen LogP contribution in [0.5, 0.6) is 0 Å². The van der Waals surface area contributed by atoms with Crippen molar-refractivity contribution in [1.29, 1.82) is 0 Å². The van der Waals surface area contributed by atoms with E-state index >= 15 is 0 Å². The maximum absolute atomic E-state index is 12.8. The number of benzene rings is 1. The molecule has 0 amide bonds. The molecule has 21 heavy (non-hydrogen) atoms. The third kappa shape index (κ3) is 3.71. The average Bonchev–Trinajstić information content (AvgIpc) is 2.94. The van der Waals surface area contributed by atoms with Crippen LogP contribution in [0.15, 0.2) is 46.5 Å². The van der Waals surface area contributed by atoms with Crippen molar-refractivity contribution in [2.45, 2.75) is 13.5 Å². The Morgan fingerprint density at radius 2 is 2.05 bits per heavy atom. The van der Waals surface area contributed by atoms with Crippen LogP contribution in [0.1, 0.15) is 15.3 Å². The van der Waals surface area contributed by atoms with Gasteiger partial charge in [-0.3, -0.25) is 10.4 Å². The summed E-state index contributed by atoms with van der Waals surface area (Å²) in [7, 11) is 0. The molecular formula is C15H14FN3S2. The lowest BCUT2D eigenvalue weighted by Gasteiger charge is -2.13. The Kier molecular flexibility index (Phi) is 4.36. The fourth-order valence-electron chi connectivity index (χ4n) is 1.87. The normalized spacial score (nSPS) is 16.7. The number of amidine groups is 1. The van der Waals surface area contributed by atoms with Crippen molar-refractivity contribution in [2.24, 2.45) is 10.1 Å². The lowest BCUT2D eigenvalue weighted by atomic mass is 10.2. The van der Waals surface area contributed by atoms with Crippen LogP contribution < -0.4 is 5.43 Å². The number of aryl methyl sites for hydroxylation is 1. The predicted octanol–water partition coefficient (Wildman–Crippen LogP) is 3.79. The first-order valence-corrected chi connectivity index (χ1v) is 8.32. The van der Waals surface area contributed by atoms with Gasteiger partial charge >= 0.3 is 0 Å². The van der Waals surface area contributed by atoms with E-state index in [-0.39, 0.29) is 5.82 Å². The maximum Gasteiger partial charge on any atom is 0.177 e. The van der Waals surface area contributed by atoms with Gasteiger partial charge < -0.3 is 0 Å². The third-order valence-electron chi connectivity index (χ3n) is 2.98. The van der Waals surface area contributed by atoms with E-state index in [0.29, 0.717) is 6.54 Å². The second kappa shape index (κ2) is 6.41. The quantitative estimate of drug-likeness (QED) is 0.934. The van der Waals surface area contributed by atoms with Gasteiger partial charge in [-0.1, -0.05) is 23.9 Å². The largest absolute Gasteiger partial charge is 0.256 e. The van der Waals surface area contributed by atoms with Crippen molar-refractivity contribution < 1.29 is 4.39 Å². The second-order valence-corrected chi connectivity index (χ2v) is 6.87. The van der Waals surface area contributed by atoms with Gasteiger partial charge in [0.2, 0.25) is 0 Å². The van der Waals surface area contributed by atoms with Gasteiger partial charge in [0.15, 0.2) is 5.17 Å². The summed E-state index contributed by atoms with van der Waals surface area (Å²) < 4.78 is 12.8. The van der Waals surface area contributed by atoms with Gasteiger partial charge in [-0.25, -0.2) is 4.39 Å². The highest BCUT2D eigenvalue weighted by atomic mass is 32.2. The zero-order valence-electron chi connectivity index (χ0n) is 11.5. The molecule has 2 aromatic rings. The van der Waals surface area contributed by atoms with E-state index in [4.69, 9.17) is 0 Å². The van der Waals surface area contributed by atoms with Gasteiger partial charge in [0.05, 0.1) is 17.1 Å². The predicted molar refractivity (Wildman–Crippen MR) is 88.7 cm³/mol. The molecular weight excluding hydrogens is 305 g/mol. The SMILES string of the molecule is Cc1ccc(C2=NNC(=NCc3ccc(F)cc3)SC2)s1. The van der Waals surface area contributed by atoms with Crippen LogP contribution >= 0.6 is 23.1 Å². The lowest BCUT2D eigenvalue weighted by molar-refractivity contribution is 0.627. The monoisotopic (exact) mass is 319 g/mol. The first kappa shape index (κ1) is 14.3. The van der Waals surface area contributed by atoms with Crippen LogP contribution in [0.25, 0.3) is 0 Å². The highest BCUT2D eigenvalue weighted by Gasteiger charge is 2.14. The molecule has 1 aliphatic heterocycles. The van der Waals surface area contributed by atoms with Crippen LogP contribution in [-0.2, 0) is 6.54 Å². The van der Waals surface area contributed by atoms with Crippen molar-refractivity contribution >= 4 is 34.0 Å². The van der Waals surface area contributed by atoms with E-state index in [0.717, 1.165) is 22.2 Å². The molecule has 0 saturated heterocycles. The molecule has 0 radical (unpaired) electrons. The Bertz CT molecular complexity index is 689. The number of nitrogens with zero attached hydrogens (tertiary/aromatic N) is 2. The minimum absolute atomic E-state index is 0.225. The molecule has 2 heterocycles. The maximum atomic E-state index is 12.8. The fourth-order valence-corrected chi connectivity index (χ4v) is 3.57. The van der Waals surface area contributed by atoms with E-state index in [9.17, 15) is 4.39 Å². The number of rotatable bonds is 3.